The quantitative estimate of drug-likeness (QED) is 0.298. The van der Waals surface area contributed by atoms with Crippen molar-refractivity contribution >= 4 is 51.0 Å². The zero-order valence-electron chi connectivity index (χ0n) is 21.9. The Morgan fingerprint density at radius 1 is 1.19 bits per heavy atom. The minimum absolute atomic E-state index is 0.0469. The third kappa shape index (κ3) is 3.82. The van der Waals surface area contributed by atoms with Crippen LogP contribution in [0.25, 0.3) is 0 Å². The summed E-state index contributed by atoms with van der Waals surface area (Å²) in [4.78, 5) is 49.0. The van der Waals surface area contributed by atoms with Gasteiger partial charge in [-0.3, -0.25) is 19.2 Å². The molecule has 3 saturated carbocycles. The SMILES string of the molecule is CCC(=O)OCC(=O)[C@]1(OC(=O)CC)[C@H](C)C[C@H]2[C@@H]3[C@H](Br)CC4=CC(=O)C=C[C@]4(C)[C@@]3(Cl)[C@@H](F)C[C@@]21C. The zero-order chi connectivity index (χ0) is 27.6. The molecule has 9 atom stereocenters. The van der Waals surface area contributed by atoms with Gasteiger partial charge in [-0.05, 0) is 43.3 Å². The molecule has 0 N–H and O–H groups in total. The minimum Gasteiger partial charge on any atom is -0.457 e. The fraction of sp³-hybridized carbons (Fsp3) is 0.714. The molecule has 9 heteroatoms. The molecule has 0 unspecified atom stereocenters. The Morgan fingerprint density at radius 3 is 2.46 bits per heavy atom. The van der Waals surface area contributed by atoms with Crippen LogP contribution in [0, 0.1) is 28.6 Å². The molecule has 4 aliphatic rings. The Hall–Kier alpha value is -1.54. The summed E-state index contributed by atoms with van der Waals surface area (Å²) in [7, 11) is 0. The monoisotopic (exact) mass is 600 g/mol. The van der Waals surface area contributed by atoms with Gasteiger partial charge in [-0.25, -0.2) is 4.39 Å². The first-order valence-corrected chi connectivity index (χ1v) is 14.3. The molecule has 0 radical (unpaired) electrons. The second-order valence-electron chi connectivity index (χ2n) is 11.5. The van der Waals surface area contributed by atoms with E-state index in [2.05, 4.69) is 15.9 Å². The van der Waals surface area contributed by atoms with Crippen molar-refractivity contribution < 1.29 is 33.0 Å². The molecule has 0 spiro atoms. The van der Waals surface area contributed by atoms with Gasteiger partial charge >= 0.3 is 11.9 Å². The van der Waals surface area contributed by atoms with E-state index in [4.69, 9.17) is 21.1 Å². The van der Waals surface area contributed by atoms with E-state index >= 15 is 4.39 Å². The lowest BCUT2D eigenvalue weighted by atomic mass is 9.46. The first kappa shape index (κ1) is 28.5. The number of fused-ring (bicyclic) bond motifs is 5. The van der Waals surface area contributed by atoms with E-state index in [-0.39, 0.29) is 35.8 Å². The molecule has 3 fully saturated rings. The molecule has 0 amide bonds. The zero-order valence-corrected chi connectivity index (χ0v) is 24.3. The van der Waals surface area contributed by atoms with Crippen LogP contribution in [0.1, 0.15) is 66.7 Å². The van der Waals surface area contributed by atoms with Crippen LogP contribution in [-0.4, -0.2) is 51.6 Å². The van der Waals surface area contributed by atoms with Crippen LogP contribution in [0.3, 0.4) is 0 Å². The van der Waals surface area contributed by atoms with Crippen molar-refractivity contribution in [3.05, 3.63) is 23.8 Å². The summed E-state index contributed by atoms with van der Waals surface area (Å²) in [5.41, 5.74) is -2.86. The van der Waals surface area contributed by atoms with Gasteiger partial charge in [0.2, 0.25) is 5.78 Å². The summed E-state index contributed by atoms with van der Waals surface area (Å²) in [5, 5.41) is 0. The number of allylic oxidation sites excluding steroid dienone is 4. The van der Waals surface area contributed by atoms with Crippen LogP contribution in [0.5, 0.6) is 0 Å². The van der Waals surface area contributed by atoms with Gasteiger partial charge in [0.1, 0.15) is 6.17 Å². The number of carbonyl (C=O) groups excluding carboxylic acids is 4. The highest BCUT2D eigenvalue weighted by Crippen LogP contribution is 2.73. The summed E-state index contributed by atoms with van der Waals surface area (Å²) >= 11 is 11.2. The van der Waals surface area contributed by atoms with Crippen molar-refractivity contribution in [2.75, 3.05) is 6.61 Å². The smallest absolute Gasteiger partial charge is 0.306 e. The standard InChI is InChI=1S/C28H35BrClFO6/c1-6-22(34)36-14-21(33)28(37-23(35)7-2)15(3)10-18-24-19(29)12-16-11-17(32)8-9-25(16,4)27(24,30)20(31)13-26(18,28)5/h8-9,11,15,18-20,24H,6-7,10,12-14H2,1-5H3/t15-,18+,19-,20+,24-,25+,26+,27-,28-/m1/s1. The molecule has 0 aromatic rings. The van der Waals surface area contributed by atoms with E-state index in [1.807, 2.05) is 20.8 Å². The lowest BCUT2D eigenvalue weighted by Gasteiger charge is -2.64. The summed E-state index contributed by atoms with van der Waals surface area (Å²) in [6.45, 7) is 8.26. The van der Waals surface area contributed by atoms with E-state index in [0.29, 0.717) is 12.8 Å². The summed E-state index contributed by atoms with van der Waals surface area (Å²) in [6.07, 6.45) is 4.18. The molecule has 0 bridgehead atoms. The molecule has 0 aliphatic heterocycles. The molecule has 4 aliphatic carbocycles. The summed E-state index contributed by atoms with van der Waals surface area (Å²) in [5.74, 6) is -2.94. The Kier molecular flexibility index (Phi) is 7.37. The maximum Gasteiger partial charge on any atom is 0.306 e. The average molecular weight is 602 g/mol. The molecule has 0 saturated heterocycles. The number of hydrogen-bond acceptors (Lipinski definition) is 6. The van der Waals surface area contributed by atoms with Crippen molar-refractivity contribution in [3.8, 4) is 0 Å². The van der Waals surface area contributed by atoms with Gasteiger partial charge in [0.25, 0.3) is 0 Å². The van der Waals surface area contributed by atoms with Gasteiger partial charge in [0.15, 0.2) is 18.0 Å². The lowest BCUT2D eigenvalue weighted by molar-refractivity contribution is -0.200. The second kappa shape index (κ2) is 9.58. The third-order valence-electron chi connectivity index (χ3n) is 9.74. The van der Waals surface area contributed by atoms with Crippen LogP contribution >= 0.6 is 27.5 Å². The highest BCUT2D eigenvalue weighted by atomic mass is 79.9. The van der Waals surface area contributed by atoms with Crippen LogP contribution in [0.4, 0.5) is 4.39 Å². The molecule has 204 valence electrons. The molecule has 0 heterocycles. The van der Waals surface area contributed by atoms with Crippen LogP contribution in [0.2, 0.25) is 0 Å². The van der Waals surface area contributed by atoms with Gasteiger partial charge in [0.05, 0.1) is 4.87 Å². The number of esters is 2. The Labute approximate surface area is 230 Å². The summed E-state index contributed by atoms with van der Waals surface area (Å²) in [6, 6.07) is 0. The van der Waals surface area contributed by atoms with Gasteiger partial charge in [-0.2, -0.15) is 0 Å². The highest BCUT2D eigenvalue weighted by molar-refractivity contribution is 9.09. The topological polar surface area (TPSA) is 86.7 Å². The van der Waals surface area contributed by atoms with E-state index in [0.717, 1.165) is 5.57 Å². The average Bonchev–Trinajstić information content (AvgIpc) is 3.05. The van der Waals surface area contributed by atoms with Gasteiger partial charge in [-0.1, -0.05) is 62.2 Å². The fourth-order valence-electron chi connectivity index (χ4n) is 7.88. The largest absolute Gasteiger partial charge is 0.457 e. The second-order valence-corrected chi connectivity index (χ2v) is 13.3. The number of rotatable bonds is 6. The number of ketones is 2. The van der Waals surface area contributed by atoms with Crippen molar-refractivity contribution in [2.45, 2.75) is 88.2 Å². The Balaban J connectivity index is 1.84. The molecule has 6 nitrogen and oxygen atoms in total. The third-order valence-corrected chi connectivity index (χ3v) is 11.5. The molecular weight excluding hydrogens is 567 g/mol. The van der Waals surface area contributed by atoms with Crippen LogP contribution < -0.4 is 0 Å². The van der Waals surface area contributed by atoms with Gasteiger partial charge in [0, 0.05) is 34.4 Å². The number of carbonyl (C=O) groups is 4. The number of halogens is 3. The number of Topliss-reactive ketones (excluding diaryl/α,β-unsaturated/α-hetero) is 1. The number of ether oxygens (including phenoxy) is 2. The first-order chi connectivity index (χ1) is 17.2. The number of alkyl halides is 3. The van der Waals surface area contributed by atoms with E-state index in [1.165, 1.54) is 6.08 Å². The molecule has 37 heavy (non-hydrogen) atoms. The maximum absolute atomic E-state index is 16.8. The summed E-state index contributed by atoms with van der Waals surface area (Å²) < 4.78 is 28.0. The molecule has 4 rings (SSSR count). The minimum atomic E-state index is -1.66. The lowest BCUT2D eigenvalue weighted by Crippen LogP contribution is -2.70. The molecule has 0 aromatic carbocycles. The molecule has 0 aromatic heterocycles. The van der Waals surface area contributed by atoms with Gasteiger partial charge < -0.3 is 9.47 Å². The predicted molar refractivity (Wildman–Crippen MR) is 140 cm³/mol. The van der Waals surface area contributed by atoms with Crippen molar-refractivity contribution in [1.82, 2.24) is 0 Å². The van der Waals surface area contributed by atoms with E-state index in [1.54, 1.807) is 26.0 Å². The van der Waals surface area contributed by atoms with Crippen LogP contribution in [0.15, 0.2) is 23.8 Å². The Bertz CT molecular complexity index is 1090. The maximum atomic E-state index is 16.8. The molecular formula is C28H35BrClFO6. The van der Waals surface area contributed by atoms with Crippen molar-refractivity contribution in [3.63, 3.8) is 0 Å². The van der Waals surface area contributed by atoms with Crippen molar-refractivity contribution in [2.24, 2.45) is 28.6 Å². The highest BCUT2D eigenvalue weighted by Gasteiger charge is 2.78. The van der Waals surface area contributed by atoms with Crippen LogP contribution in [-0.2, 0) is 28.7 Å². The normalized spacial score (nSPS) is 44.3. The van der Waals surface area contributed by atoms with Crippen molar-refractivity contribution in [1.29, 1.82) is 0 Å². The van der Waals surface area contributed by atoms with E-state index in [9.17, 15) is 19.2 Å². The predicted octanol–water partition coefficient (Wildman–Crippen LogP) is 5.44. The Morgan fingerprint density at radius 2 is 1.84 bits per heavy atom. The fourth-order valence-corrected chi connectivity index (χ4v) is 9.73. The van der Waals surface area contributed by atoms with E-state index < -0.39 is 63.6 Å². The first-order valence-electron chi connectivity index (χ1n) is 13.0. The number of hydrogen-bond donors (Lipinski definition) is 0. The van der Waals surface area contributed by atoms with Gasteiger partial charge in [-0.15, -0.1) is 11.6 Å².